The zero-order valence-electron chi connectivity index (χ0n) is 17.6. The molecule has 1 aliphatic heterocycles. The number of hydrogen-bond acceptors (Lipinski definition) is 4. The van der Waals surface area contributed by atoms with E-state index in [4.69, 9.17) is 4.74 Å². The summed E-state index contributed by atoms with van der Waals surface area (Å²) in [5.74, 6) is -0.527. The van der Waals surface area contributed by atoms with E-state index in [1.54, 1.807) is 0 Å². The SMILES string of the molecule is C=C1NC(=O)NC(c2ccc(N(CC)CC)cc2)C1C(=O)OCC1CCCCC1. The first kappa shape index (κ1) is 21.2. The smallest absolute Gasteiger partial charge is 0.319 e. The summed E-state index contributed by atoms with van der Waals surface area (Å²) >= 11 is 0. The third-order valence-corrected chi connectivity index (χ3v) is 6.09. The molecule has 0 spiro atoms. The lowest BCUT2D eigenvalue weighted by molar-refractivity contribution is -0.150. The second kappa shape index (κ2) is 9.81. The molecule has 1 saturated heterocycles. The second-order valence-electron chi connectivity index (χ2n) is 7.98. The van der Waals surface area contributed by atoms with Crippen molar-refractivity contribution in [2.45, 2.75) is 52.0 Å². The van der Waals surface area contributed by atoms with Gasteiger partial charge in [0, 0.05) is 24.5 Å². The average molecular weight is 400 g/mol. The summed E-state index contributed by atoms with van der Waals surface area (Å²) in [5, 5.41) is 5.53. The molecule has 2 fully saturated rings. The summed E-state index contributed by atoms with van der Waals surface area (Å²) in [5.41, 5.74) is 2.38. The van der Waals surface area contributed by atoms with E-state index < -0.39 is 12.0 Å². The molecule has 6 heteroatoms. The van der Waals surface area contributed by atoms with Crippen molar-refractivity contribution in [3.8, 4) is 0 Å². The van der Waals surface area contributed by atoms with E-state index in [0.717, 1.165) is 37.2 Å². The number of hydrogen-bond donors (Lipinski definition) is 2. The van der Waals surface area contributed by atoms with E-state index in [2.05, 4.69) is 36.0 Å². The molecule has 2 N–H and O–H groups in total. The quantitative estimate of drug-likeness (QED) is 0.676. The molecule has 29 heavy (non-hydrogen) atoms. The number of ether oxygens (including phenoxy) is 1. The van der Waals surface area contributed by atoms with Crippen LogP contribution in [-0.2, 0) is 9.53 Å². The predicted molar refractivity (Wildman–Crippen MR) is 115 cm³/mol. The molecule has 2 amide bonds. The number of nitrogens with one attached hydrogen (secondary N) is 2. The first-order chi connectivity index (χ1) is 14.0. The second-order valence-corrected chi connectivity index (χ2v) is 7.98. The first-order valence-corrected chi connectivity index (χ1v) is 10.8. The molecule has 2 aliphatic rings. The lowest BCUT2D eigenvalue weighted by Crippen LogP contribution is -2.51. The van der Waals surface area contributed by atoms with Crippen LogP contribution in [0.1, 0.15) is 57.6 Å². The average Bonchev–Trinajstić information content (AvgIpc) is 2.73. The molecule has 158 valence electrons. The highest BCUT2D eigenvalue weighted by Crippen LogP contribution is 2.32. The van der Waals surface area contributed by atoms with Gasteiger partial charge in [0.25, 0.3) is 0 Å². The summed E-state index contributed by atoms with van der Waals surface area (Å²) in [4.78, 5) is 27.2. The van der Waals surface area contributed by atoms with Gasteiger partial charge in [0.1, 0.15) is 5.92 Å². The number of amides is 2. The third-order valence-electron chi connectivity index (χ3n) is 6.09. The monoisotopic (exact) mass is 399 g/mol. The van der Waals surface area contributed by atoms with Gasteiger partial charge in [0.15, 0.2) is 0 Å². The fourth-order valence-electron chi connectivity index (χ4n) is 4.36. The lowest BCUT2D eigenvalue weighted by atomic mass is 9.88. The van der Waals surface area contributed by atoms with E-state index in [9.17, 15) is 9.59 Å². The van der Waals surface area contributed by atoms with Crippen LogP contribution in [0.4, 0.5) is 10.5 Å². The zero-order chi connectivity index (χ0) is 20.8. The number of urea groups is 1. The van der Waals surface area contributed by atoms with Crippen LogP contribution in [0.3, 0.4) is 0 Å². The van der Waals surface area contributed by atoms with Crippen molar-refractivity contribution in [3.63, 3.8) is 0 Å². The van der Waals surface area contributed by atoms with Crippen molar-refractivity contribution in [1.29, 1.82) is 0 Å². The summed E-state index contributed by atoms with van der Waals surface area (Å²) < 4.78 is 5.68. The van der Waals surface area contributed by atoms with Gasteiger partial charge in [-0.1, -0.05) is 38.0 Å². The molecule has 6 nitrogen and oxygen atoms in total. The Labute approximate surface area is 173 Å². The van der Waals surface area contributed by atoms with Gasteiger partial charge in [-0.3, -0.25) is 4.79 Å². The minimum absolute atomic E-state index is 0.328. The van der Waals surface area contributed by atoms with Crippen molar-refractivity contribution in [2.75, 3.05) is 24.6 Å². The fraction of sp³-hybridized carbons (Fsp3) is 0.565. The number of benzene rings is 1. The third kappa shape index (κ3) is 5.11. The molecule has 3 rings (SSSR count). The number of nitrogens with zero attached hydrogens (tertiary/aromatic N) is 1. The Morgan fingerprint density at radius 1 is 1.14 bits per heavy atom. The van der Waals surface area contributed by atoms with Crippen LogP contribution in [0.2, 0.25) is 0 Å². The topological polar surface area (TPSA) is 70.7 Å². The Bertz CT molecular complexity index is 721. The predicted octanol–water partition coefficient (Wildman–Crippen LogP) is 4.14. The maximum Gasteiger partial charge on any atom is 0.319 e. The molecule has 0 bridgehead atoms. The highest BCUT2D eigenvalue weighted by atomic mass is 16.5. The molecule has 1 aromatic carbocycles. The Morgan fingerprint density at radius 2 is 1.79 bits per heavy atom. The van der Waals surface area contributed by atoms with E-state index >= 15 is 0 Å². The first-order valence-electron chi connectivity index (χ1n) is 10.8. The van der Waals surface area contributed by atoms with Gasteiger partial charge in [-0.15, -0.1) is 0 Å². The molecule has 1 aromatic rings. The van der Waals surface area contributed by atoms with E-state index in [-0.39, 0.29) is 12.0 Å². The van der Waals surface area contributed by atoms with Crippen molar-refractivity contribution < 1.29 is 14.3 Å². The minimum atomic E-state index is -0.643. The van der Waals surface area contributed by atoms with Gasteiger partial charge >= 0.3 is 12.0 Å². The summed E-state index contributed by atoms with van der Waals surface area (Å²) in [7, 11) is 0. The standard InChI is InChI=1S/C23H33N3O3/c1-4-26(5-2)19-13-11-18(12-14-19)21-20(16(3)24-23(28)25-21)22(27)29-15-17-9-7-6-8-10-17/h11-14,17,20-21H,3-10,15H2,1-2H3,(H2,24,25,28). The van der Waals surface area contributed by atoms with Gasteiger partial charge in [0.05, 0.1) is 12.6 Å². The number of anilines is 1. The van der Waals surface area contributed by atoms with Gasteiger partial charge in [-0.05, 0) is 50.3 Å². The van der Waals surface area contributed by atoms with Crippen LogP contribution in [0.5, 0.6) is 0 Å². The van der Waals surface area contributed by atoms with E-state index in [0.29, 0.717) is 18.2 Å². The van der Waals surface area contributed by atoms with Gasteiger partial charge in [0.2, 0.25) is 0 Å². The molecule has 0 aromatic heterocycles. The van der Waals surface area contributed by atoms with Gasteiger partial charge < -0.3 is 20.3 Å². The summed E-state index contributed by atoms with van der Waals surface area (Å²) in [6.45, 7) is 10.5. The fourth-order valence-corrected chi connectivity index (χ4v) is 4.36. The molecular formula is C23H33N3O3. The highest BCUT2D eigenvalue weighted by molar-refractivity contribution is 5.85. The molecule has 1 heterocycles. The van der Waals surface area contributed by atoms with Crippen LogP contribution in [0.25, 0.3) is 0 Å². The normalized spacial score (nSPS) is 22.6. The Kier molecular flexibility index (Phi) is 7.18. The molecule has 0 radical (unpaired) electrons. The van der Waals surface area contributed by atoms with Gasteiger partial charge in [-0.25, -0.2) is 4.79 Å². The molecule has 1 saturated carbocycles. The van der Waals surface area contributed by atoms with E-state index in [1.807, 2.05) is 24.3 Å². The summed E-state index contributed by atoms with van der Waals surface area (Å²) in [6.07, 6.45) is 5.91. The van der Waals surface area contributed by atoms with Crippen LogP contribution in [0, 0.1) is 11.8 Å². The maximum absolute atomic E-state index is 12.9. The maximum atomic E-state index is 12.9. The largest absolute Gasteiger partial charge is 0.465 e. The number of rotatable bonds is 7. The van der Waals surface area contributed by atoms with Crippen LogP contribution in [-0.4, -0.2) is 31.7 Å². The Hall–Kier alpha value is -2.50. The van der Waals surface area contributed by atoms with Gasteiger partial charge in [-0.2, -0.15) is 0 Å². The Balaban J connectivity index is 1.74. The molecular weight excluding hydrogens is 366 g/mol. The van der Waals surface area contributed by atoms with Crippen molar-refractivity contribution in [1.82, 2.24) is 10.6 Å². The van der Waals surface area contributed by atoms with Crippen molar-refractivity contribution in [3.05, 3.63) is 42.1 Å². The molecule has 2 unspecified atom stereocenters. The van der Waals surface area contributed by atoms with Crippen molar-refractivity contribution in [2.24, 2.45) is 11.8 Å². The summed E-state index contributed by atoms with van der Waals surface area (Å²) in [6, 6.07) is 7.18. The lowest BCUT2D eigenvalue weighted by Gasteiger charge is -2.34. The van der Waals surface area contributed by atoms with Crippen LogP contribution in [0.15, 0.2) is 36.5 Å². The number of esters is 1. The molecule has 1 aliphatic carbocycles. The zero-order valence-corrected chi connectivity index (χ0v) is 17.6. The number of carbonyl (C=O) groups is 2. The van der Waals surface area contributed by atoms with Crippen LogP contribution >= 0.6 is 0 Å². The minimum Gasteiger partial charge on any atom is -0.465 e. The molecule has 2 atom stereocenters. The number of carbonyl (C=O) groups excluding carboxylic acids is 2. The van der Waals surface area contributed by atoms with Crippen LogP contribution < -0.4 is 15.5 Å². The Morgan fingerprint density at radius 3 is 2.41 bits per heavy atom. The highest BCUT2D eigenvalue weighted by Gasteiger charge is 2.39. The van der Waals surface area contributed by atoms with E-state index in [1.165, 1.54) is 19.3 Å². The van der Waals surface area contributed by atoms with Crippen molar-refractivity contribution >= 4 is 17.7 Å².